The molecule has 0 amide bonds. The predicted molar refractivity (Wildman–Crippen MR) is 595 cm³/mol. The van der Waals surface area contributed by atoms with Gasteiger partial charge in [0.2, 0.25) is 0 Å². The Hall–Kier alpha value is -12.6. The maximum Gasteiger partial charge on any atom is 0.349 e. The molecule has 23 rings (SSSR count). The van der Waals surface area contributed by atoms with Gasteiger partial charge in [0, 0.05) is 135 Å². The second kappa shape index (κ2) is 44.3. The predicted octanol–water partition coefficient (Wildman–Crippen LogP) is 36.2. The molecule has 654 valence electrons. The van der Waals surface area contributed by atoms with E-state index < -0.39 is 0 Å². The molecular weight excluding hydrogens is 1940 g/mol. The van der Waals surface area contributed by atoms with Crippen LogP contribution in [0.2, 0.25) is 0 Å². The largest absolute Gasteiger partial charge is 0.349 e. The van der Waals surface area contributed by atoms with E-state index in [0.717, 1.165) is 45.3 Å². The molecule has 0 aliphatic heterocycles. The first-order valence-corrected chi connectivity index (χ1v) is 55.8. The molecule has 23 heteroatoms. The molecule has 0 aliphatic carbocycles. The van der Waals surface area contributed by atoms with E-state index in [-0.39, 0.29) is 6.17 Å². The molecule has 0 saturated heterocycles. The summed E-state index contributed by atoms with van der Waals surface area (Å²) in [6.07, 6.45) is 41.8. The minimum Gasteiger partial charge on any atom is -0.265 e. The number of hydrogen-bond donors (Lipinski definition) is 0. The van der Waals surface area contributed by atoms with Gasteiger partial charge in [-0.2, -0.15) is 0 Å². The van der Waals surface area contributed by atoms with Gasteiger partial charge in [-0.05, 0) is 273 Å². The number of thiophene rings is 15. The molecule has 0 bridgehead atoms. The van der Waals surface area contributed by atoms with Crippen LogP contribution in [0.5, 0.6) is 0 Å². The van der Waals surface area contributed by atoms with Crippen molar-refractivity contribution in [2.45, 2.75) is 13.1 Å². The van der Waals surface area contributed by atoms with Crippen molar-refractivity contribution in [2.24, 2.45) is 0 Å². The average Bonchev–Trinajstić information content (AvgIpc) is 1.68. The third kappa shape index (κ3) is 22.7. The minimum atomic E-state index is 0.146. The van der Waals surface area contributed by atoms with Crippen LogP contribution in [-0.4, -0.2) is 29.9 Å². The van der Waals surface area contributed by atoms with E-state index in [1.54, 1.807) is 132 Å². The van der Waals surface area contributed by atoms with Crippen molar-refractivity contribution in [3.63, 3.8) is 0 Å². The van der Waals surface area contributed by atoms with Gasteiger partial charge < -0.3 is 0 Å². The highest BCUT2D eigenvalue weighted by Gasteiger charge is 2.23. The van der Waals surface area contributed by atoms with E-state index in [1.807, 2.05) is 148 Å². The molecule has 0 aliphatic rings. The van der Waals surface area contributed by atoms with Gasteiger partial charge >= 0.3 is 6.17 Å². The monoisotopic (exact) mass is 2010 g/mol. The number of nitrogens with zero attached hydrogens (tertiary/aromatic N) is 8. The Balaban J connectivity index is 0.000000116. The maximum atomic E-state index is 4.87. The fourth-order valence-corrected chi connectivity index (χ4v) is 28.9. The van der Waals surface area contributed by atoms with Gasteiger partial charge in [0.05, 0.1) is 65.5 Å². The van der Waals surface area contributed by atoms with Gasteiger partial charge in [-0.3, -0.25) is 24.9 Å². The lowest BCUT2D eigenvalue weighted by molar-refractivity contribution is -0.941. The summed E-state index contributed by atoms with van der Waals surface area (Å²) in [6, 6.07) is 93.4. The fourth-order valence-electron chi connectivity index (χ4n) is 14.7. The van der Waals surface area contributed by atoms with E-state index >= 15 is 0 Å². The van der Waals surface area contributed by atoms with E-state index in [1.165, 1.54) is 142 Å². The normalized spacial score (nSPS) is 11.5. The number of aromatic nitrogens is 8. The fraction of sp³-hybridized carbons (Fsp3) is 0.0179. The van der Waals surface area contributed by atoms with Crippen LogP contribution in [0.25, 0.3) is 192 Å². The summed E-state index contributed by atoms with van der Waals surface area (Å²) < 4.78 is 4.49. The number of pyridine rings is 8. The van der Waals surface area contributed by atoms with Crippen molar-refractivity contribution < 1.29 is 9.13 Å². The quantitative estimate of drug-likeness (QED) is 0.0530. The van der Waals surface area contributed by atoms with E-state index in [0.29, 0.717) is 0 Å². The van der Waals surface area contributed by atoms with E-state index in [2.05, 4.69) is 374 Å². The van der Waals surface area contributed by atoms with Crippen molar-refractivity contribution in [1.82, 2.24) is 29.9 Å². The van der Waals surface area contributed by atoms with Gasteiger partial charge in [-0.15, -0.1) is 179 Å². The number of hydrogen-bond acceptors (Lipinski definition) is 21. The second-order valence-electron chi connectivity index (χ2n) is 30.3. The molecule has 0 N–H and O–H groups in total. The lowest BCUT2D eigenvalue weighted by Gasteiger charge is -2.07. The van der Waals surface area contributed by atoms with Crippen LogP contribution in [0.3, 0.4) is 0 Å². The molecule has 23 aromatic heterocycles. The van der Waals surface area contributed by atoms with E-state index in [9.17, 15) is 0 Å². The summed E-state index contributed by atoms with van der Waals surface area (Å²) in [4.78, 5) is 53.2. The van der Waals surface area contributed by atoms with Gasteiger partial charge in [-0.1, -0.05) is 140 Å². The summed E-state index contributed by atoms with van der Waals surface area (Å²) in [5.41, 5.74) is 17.1. The van der Waals surface area contributed by atoms with Crippen molar-refractivity contribution >= 4 is 231 Å². The zero-order chi connectivity index (χ0) is 90.7. The third-order valence-electron chi connectivity index (χ3n) is 21.4. The van der Waals surface area contributed by atoms with Crippen molar-refractivity contribution in [1.29, 1.82) is 0 Å². The summed E-state index contributed by atoms with van der Waals surface area (Å²) in [6.45, 7) is 2.22. The second-order valence-corrected chi connectivity index (χ2v) is 45.0. The smallest absolute Gasteiger partial charge is 0.265 e. The minimum absolute atomic E-state index is 0.146. The van der Waals surface area contributed by atoms with Crippen LogP contribution >= 0.6 is 170 Å². The molecule has 8 nitrogen and oxygen atoms in total. The molecule has 0 aromatic carbocycles. The summed E-state index contributed by atoms with van der Waals surface area (Å²) >= 11 is 27.2. The van der Waals surface area contributed by atoms with Crippen LogP contribution in [-0.2, 0) is 0 Å². The van der Waals surface area contributed by atoms with E-state index in [4.69, 9.17) is 4.98 Å². The number of rotatable bonds is 25. The molecule has 0 spiro atoms. The van der Waals surface area contributed by atoms with Crippen LogP contribution in [0, 0.1) is 0 Å². The standard InChI is InChI=1S/C40H30N2S6.C29H19N3S3.C24H16N2S3.C19H13NS3/c1-28(41-18-14-29(15-19-41)10-12-31-26-37(33-6-2-22-43-33)47-39(31)35-8-4-24-45-35)42-20-16-30(17-21-42)11-13-32-27-38(34-7-3-23-44-34)48-40(32)36-9-5-25-46-36;1-3-13-30-22(7-1)24-17-20(18-25(32-24)23-8-2-4-14-31-23)11-12-21-19-28(26-9-5-15-33-26)35-29(21)27-10-6-16-34-27;1-2-11-25-19(5-1)20-15-17(10-12-26-20)8-9-18-16-23(21-6-3-13-27-21)29-24(18)22-7-4-14-28-22;1-3-16(21-11-1)18-13-15(6-5-14-7-9-20-10-8-14)19(23-18)17-4-2-12-22-17/h2-28H,1H3;1-19H;1-16H;1-13H/q+2;;;/b12-10+,13-11+;12-11+;9-8+;6-5+. The maximum absolute atomic E-state index is 4.87. The van der Waals surface area contributed by atoms with Crippen molar-refractivity contribution in [3.05, 3.63) is 438 Å². The lowest BCUT2D eigenvalue weighted by atomic mass is 10.1. The molecule has 0 atom stereocenters. The summed E-state index contributed by atoms with van der Waals surface area (Å²) in [5.74, 6) is 0. The van der Waals surface area contributed by atoms with Crippen LogP contribution in [0.15, 0.2) is 383 Å². The van der Waals surface area contributed by atoms with Gasteiger partial charge in [0.1, 0.15) is 0 Å². The molecule has 135 heavy (non-hydrogen) atoms. The Labute approximate surface area is 843 Å². The van der Waals surface area contributed by atoms with Crippen molar-refractivity contribution in [2.75, 3.05) is 0 Å². The zero-order valence-electron chi connectivity index (χ0n) is 72.0. The highest BCUT2D eigenvalue weighted by Crippen LogP contribution is 2.49. The van der Waals surface area contributed by atoms with Crippen molar-refractivity contribution in [3.8, 4) is 132 Å². The first-order chi connectivity index (χ1) is 66.8. The Kier molecular flexibility index (Phi) is 29.6. The molecule has 0 saturated carbocycles. The lowest BCUT2D eigenvalue weighted by Crippen LogP contribution is -2.55. The Morgan fingerprint density at radius 3 is 0.741 bits per heavy atom. The van der Waals surface area contributed by atoms with Crippen LogP contribution < -0.4 is 9.13 Å². The molecule has 0 unspecified atom stereocenters. The summed E-state index contributed by atoms with van der Waals surface area (Å²) in [5, 5.41) is 21.4. The highest BCUT2D eigenvalue weighted by molar-refractivity contribution is 7.29. The Morgan fingerprint density at radius 2 is 0.459 bits per heavy atom. The zero-order valence-corrected chi connectivity index (χ0v) is 84.3. The topological polar surface area (TPSA) is 85.1 Å². The molecule has 0 fully saturated rings. The van der Waals surface area contributed by atoms with Crippen LogP contribution in [0.1, 0.15) is 68.7 Å². The highest BCUT2D eigenvalue weighted by atomic mass is 32.2. The third-order valence-corrected chi connectivity index (χ3v) is 37.7. The SMILES string of the molecule is C(=C\c1cc(-c2cccs2)sc1-c1cccs1)/c1cc(-c2ccccn2)nc(-c2ccccn2)c1.C(=C\c1cc(-c2cccs2)sc1-c1cccs1)/c1ccnc(-c2ccccn2)c1.C(=C\c1cc(-c2cccs2)sc1-c1cccs1)/c1ccncc1.CC([n+]1ccc(/C=C/c2cc(-c3cccs3)sc2-c2cccs2)cc1)[n+]1ccc(/C=C/c2cc(-c3cccs3)sc2-c2cccs2)cc1. The van der Waals surface area contributed by atoms with Crippen LogP contribution in [0.4, 0.5) is 0 Å². The molecule has 0 radical (unpaired) electrons. The Bertz CT molecular complexity index is 7550. The average molecular weight is 2020 g/mol. The summed E-state index contributed by atoms with van der Waals surface area (Å²) in [7, 11) is 0. The first kappa shape index (κ1) is 90.2. The molecule has 23 heterocycles. The molecular formula is C112H78N8S15+2. The first-order valence-electron chi connectivity index (χ1n) is 42.9. The van der Waals surface area contributed by atoms with Gasteiger partial charge in [0.25, 0.3) is 0 Å². The van der Waals surface area contributed by atoms with Gasteiger partial charge in [0.15, 0.2) is 24.8 Å². The molecule has 23 aromatic rings. The van der Waals surface area contributed by atoms with Gasteiger partial charge in [-0.25, -0.2) is 4.98 Å². The Morgan fingerprint density at radius 1 is 0.207 bits per heavy atom.